The van der Waals surface area contributed by atoms with E-state index in [0.717, 1.165) is 0 Å². The van der Waals surface area contributed by atoms with Crippen molar-refractivity contribution in [1.82, 2.24) is 10.6 Å². The van der Waals surface area contributed by atoms with Gasteiger partial charge >= 0.3 is 11.9 Å². The molecule has 0 aliphatic carbocycles. The lowest BCUT2D eigenvalue weighted by Crippen LogP contribution is -2.48. The van der Waals surface area contributed by atoms with E-state index in [2.05, 4.69) is 23.8 Å². The summed E-state index contributed by atoms with van der Waals surface area (Å²) in [4.78, 5) is 35.6. The Hall–Kier alpha value is -2.19. The molecule has 8 nitrogen and oxygen atoms in total. The number of nitrogens with one attached hydrogen (secondary N) is 2. The highest BCUT2D eigenvalue weighted by molar-refractivity contribution is 5.84. The monoisotopic (exact) mass is 412 g/mol. The Morgan fingerprint density at radius 1 is 0.897 bits per heavy atom. The standard InChI is InChI=1S/C21H36N2O6/c1-7-10-16(22-18(24)9-3)19(25)28-14-12-27-13-15-29-20(26)17(11-8-2)23-21(4,5)6/h7-8,16-17,23H,1-2,9-15H2,3-6H3,(H,22,24). The van der Waals surface area contributed by atoms with Crippen LogP contribution in [0.1, 0.15) is 47.0 Å². The predicted molar refractivity (Wildman–Crippen MR) is 111 cm³/mol. The molecule has 0 heterocycles. The van der Waals surface area contributed by atoms with Crippen molar-refractivity contribution in [3.05, 3.63) is 25.3 Å². The van der Waals surface area contributed by atoms with E-state index in [1.807, 2.05) is 20.8 Å². The first-order valence-electron chi connectivity index (χ1n) is 9.84. The Kier molecular flexibility index (Phi) is 13.6. The summed E-state index contributed by atoms with van der Waals surface area (Å²) >= 11 is 0. The third kappa shape index (κ3) is 13.6. The summed E-state index contributed by atoms with van der Waals surface area (Å²) in [6, 6.07) is -1.22. The van der Waals surface area contributed by atoms with Crippen LogP contribution in [-0.4, -0.2) is 61.9 Å². The minimum Gasteiger partial charge on any atom is -0.462 e. The lowest BCUT2D eigenvalue weighted by atomic mass is 10.1. The summed E-state index contributed by atoms with van der Waals surface area (Å²) in [7, 11) is 0. The van der Waals surface area contributed by atoms with Crippen molar-refractivity contribution in [1.29, 1.82) is 0 Å². The molecule has 0 aromatic heterocycles. The van der Waals surface area contributed by atoms with E-state index < -0.39 is 18.1 Å². The smallest absolute Gasteiger partial charge is 0.329 e. The molecule has 0 rings (SSSR count). The number of carbonyl (C=O) groups is 3. The topological polar surface area (TPSA) is 103 Å². The van der Waals surface area contributed by atoms with E-state index >= 15 is 0 Å². The summed E-state index contributed by atoms with van der Waals surface area (Å²) in [5.74, 6) is -1.14. The Morgan fingerprint density at radius 2 is 1.38 bits per heavy atom. The van der Waals surface area contributed by atoms with Crippen LogP contribution in [0.3, 0.4) is 0 Å². The molecule has 0 spiro atoms. The maximum absolute atomic E-state index is 12.1. The first kappa shape index (κ1) is 26.8. The Bertz CT molecular complexity index is 542. The van der Waals surface area contributed by atoms with Crippen molar-refractivity contribution in [3.8, 4) is 0 Å². The lowest BCUT2D eigenvalue weighted by molar-refractivity contribution is -0.150. The molecule has 2 N–H and O–H groups in total. The van der Waals surface area contributed by atoms with Crippen LogP contribution in [0.2, 0.25) is 0 Å². The highest BCUT2D eigenvalue weighted by Gasteiger charge is 2.24. The molecule has 166 valence electrons. The van der Waals surface area contributed by atoms with E-state index in [0.29, 0.717) is 6.42 Å². The fraction of sp³-hybridized carbons (Fsp3) is 0.667. The third-order valence-electron chi connectivity index (χ3n) is 3.58. The van der Waals surface area contributed by atoms with Crippen LogP contribution >= 0.6 is 0 Å². The zero-order valence-corrected chi connectivity index (χ0v) is 18.1. The van der Waals surface area contributed by atoms with Crippen molar-refractivity contribution in [3.63, 3.8) is 0 Å². The number of hydrogen-bond acceptors (Lipinski definition) is 7. The summed E-state index contributed by atoms with van der Waals surface area (Å²) in [5, 5.41) is 5.77. The van der Waals surface area contributed by atoms with Gasteiger partial charge < -0.3 is 19.5 Å². The molecular formula is C21H36N2O6. The van der Waals surface area contributed by atoms with E-state index in [4.69, 9.17) is 14.2 Å². The molecule has 29 heavy (non-hydrogen) atoms. The molecule has 0 aliphatic rings. The molecule has 0 aromatic carbocycles. The second kappa shape index (κ2) is 14.8. The van der Waals surface area contributed by atoms with Gasteiger partial charge in [0.05, 0.1) is 13.2 Å². The molecule has 0 aliphatic heterocycles. The zero-order valence-electron chi connectivity index (χ0n) is 18.1. The van der Waals surface area contributed by atoms with Gasteiger partial charge in [-0.1, -0.05) is 19.1 Å². The van der Waals surface area contributed by atoms with Gasteiger partial charge in [0.1, 0.15) is 25.3 Å². The molecule has 1 amide bonds. The van der Waals surface area contributed by atoms with Crippen molar-refractivity contribution in [2.24, 2.45) is 0 Å². The van der Waals surface area contributed by atoms with Gasteiger partial charge in [-0.2, -0.15) is 0 Å². The Labute approximate surface area is 174 Å². The summed E-state index contributed by atoms with van der Waals surface area (Å²) in [6.45, 7) is 15.3. The van der Waals surface area contributed by atoms with Crippen molar-refractivity contribution >= 4 is 17.8 Å². The fourth-order valence-electron chi connectivity index (χ4n) is 2.29. The van der Waals surface area contributed by atoms with Crippen LogP contribution in [0.5, 0.6) is 0 Å². The predicted octanol–water partition coefficient (Wildman–Crippen LogP) is 1.89. The number of hydrogen-bond donors (Lipinski definition) is 2. The highest BCUT2D eigenvalue weighted by atomic mass is 16.6. The zero-order chi connectivity index (χ0) is 22.3. The lowest BCUT2D eigenvalue weighted by Gasteiger charge is -2.26. The summed E-state index contributed by atoms with van der Waals surface area (Å²) in [6.07, 6.45) is 4.24. The number of esters is 2. The second-order valence-electron chi connectivity index (χ2n) is 7.42. The number of carbonyl (C=O) groups excluding carboxylic acids is 3. The first-order valence-corrected chi connectivity index (χ1v) is 9.84. The van der Waals surface area contributed by atoms with Crippen molar-refractivity contribution in [2.75, 3.05) is 26.4 Å². The molecule has 0 radical (unpaired) electrons. The van der Waals surface area contributed by atoms with Crippen LogP contribution in [0, 0.1) is 0 Å². The van der Waals surface area contributed by atoms with E-state index in [-0.39, 0.29) is 56.7 Å². The van der Waals surface area contributed by atoms with Gasteiger partial charge in [-0.25, -0.2) is 4.79 Å². The van der Waals surface area contributed by atoms with Crippen molar-refractivity contribution < 1.29 is 28.6 Å². The maximum Gasteiger partial charge on any atom is 0.329 e. The van der Waals surface area contributed by atoms with Gasteiger partial charge in [-0.15, -0.1) is 13.2 Å². The maximum atomic E-state index is 12.1. The molecule has 0 aromatic rings. The van der Waals surface area contributed by atoms with E-state index in [9.17, 15) is 14.4 Å². The SMILES string of the molecule is C=CCC(NC(=O)CC)C(=O)OCCOCCOC(=O)C(CC=C)NC(C)(C)C. The van der Waals surface area contributed by atoms with Gasteiger partial charge in [0.15, 0.2) is 0 Å². The molecule has 0 saturated heterocycles. The minimum atomic E-state index is -0.752. The van der Waals surface area contributed by atoms with Gasteiger partial charge in [-0.3, -0.25) is 14.9 Å². The Morgan fingerprint density at radius 3 is 1.83 bits per heavy atom. The summed E-state index contributed by atoms with van der Waals surface area (Å²) in [5.41, 5.74) is -0.229. The molecular weight excluding hydrogens is 376 g/mol. The number of rotatable bonds is 15. The van der Waals surface area contributed by atoms with Crippen LogP contribution < -0.4 is 10.6 Å². The van der Waals surface area contributed by atoms with E-state index in [1.54, 1.807) is 19.1 Å². The van der Waals surface area contributed by atoms with Crippen LogP contribution in [0.25, 0.3) is 0 Å². The molecule has 2 unspecified atom stereocenters. The highest BCUT2D eigenvalue weighted by Crippen LogP contribution is 2.06. The molecule has 2 atom stereocenters. The molecule has 0 saturated carbocycles. The van der Waals surface area contributed by atoms with Gasteiger partial charge in [0.2, 0.25) is 5.91 Å². The van der Waals surface area contributed by atoms with Gasteiger partial charge in [0.25, 0.3) is 0 Å². The normalized spacial score (nSPS) is 13.1. The first-order chi connectivity index (χ1) is 13.6. The Balaban J connectivity index is 4.09. The molecule has 0 fully saturated rings. The molecule has 0 bridgehead atoms. The number of amides is 1. The average molecular weight is 413 g/mol. The largest absolute Gasteiger partial charge is 0.462 e. The van der Waals surface area contributed by atoms with E-state index in [1.165, 1.54) is 0 Å². The fourth-order valence-corrected chi connectivity index (χ4v) is 2.29. The minimum absolute atomic E-state index is 0.0348. The van der Waals surface area contributed by atoms with Crippen LogP contribution in [0.15, 0.2) is 25.3 Å². The quantitative estimate of drug-likeness (QED) is 0.240. The third-order valence-corrected chi connectivity index (χ3v) is 3.58. The van der Waals surface area contributed by atoms with Crippen LogP contribution in [0.4, 0.5) is 0 Å². The molecule has 8 heteroatoms. The number of ether oxygens (including phenoxy) is 3. The summed E-state index contributed by atoms with van der Waals surface area (Å²) < 4.78 is 15.6. The average Bonchev–Trinajstić information content (AvgIpc) is 2.64. The van der Waals surface area contributed by atoms with Gasteiger partial charge in [-0.05, 0) is 33.6 Å². The second-order valence-corrected chi connectivity index (χ2v) is 7.42. The van der Waals surface area contributed by atoms with Crippen LogP contribution in [-0.2, 0) is 28.6 Å². The van der Waals surface area contributed by atoms with Crippen molar-refractivity contribution in [2.45, 2.75) is 64.6 Å². The van der Waals surface area contributed by atoms with Gasteiger partial charge in [0, 0.05) is 12.0 Å².